The van der Waals surface area contributed by atoms with E-state index in [1.807, 2.05) is 0 Å². The Hall–Kier alpha value is -1.58. The summed E-state index contributed by atoms with van der Waals surface area (Å²) in [6.45, 7) is 0.347. The molecule has 23 heavy (non-hydrogen) atoms. The fourth-order valence-corrected chi connectivity index (χ4v) is 4.78. The number of benzene rings is 1. The lowest BCUT2D eigenvalue weighted by atomic mass is 9.72. The van der Waals surface area contributed by atoms with Crippen LogP contribution in [0.5, 0.6) is 0 Å². The number of aromatic nitrogens is 2. The van der Waals surface area contributed by atoms with Crippen molar-refractivity contribution in [3.8, 4) is 0 Å². The molecule has 0 unspecified atom stereocenters. The number of rotatable bonds is 1. The molecule has 1 aliphatic heterocycles. The number of hydrogen-bond acceptors (Lipinski definition) is 1. The van der Waals surface area contributed by atoms with Crippen LogP contribution in [-0.2, 0) is 6.42 Å². The summed E-state index contributed by atoms with van der Waals surface area (Å²) in [5.41, 5.74) is 3.96. The third-order valence-corrected chi connectivity index (χ3v) is 5.94. The van der Waals surface area contributed by atoms with Gasteiger partial charge in [0.15, 0.2) is 12.2 Å². The van der Waals surface area contributed by atoms with Gasteiger partial charge in [0.1, 0.15) is 5.52 Å². The molecule has 3 nitrogen and oxygen atoms in total. The number of halogens is 1. The number of para-hydroxylation sites is 1. The number of nitrogens with one attached hydrogen (secondary N) is 1. The zero-order valence-corrected chi connectivity index (χ0v) is 13.8. The Morgan fingerprint density at radius 1 is 1.13 bits per heavy atom. The minimum absolute atomic E-state index is 0. The highest BCUT2D eigenvalue weighted by molar-refractivity contribution is 6.07. The van der Waals surface area contributed by atoms with Crippen LogP contribution in [0.2, 0.25) is 0 Å². The number of aliphatic hydroxyl groups is 1. The van der Waals surface area contributed by atoms with E-state index in [-0.39, 0.29) is 12.4 Å². The Labute approximate surface area is 141 Å². The molecule has 1 fully saturated rings. The molecular weight excluding hydrogens is 308 g/mol. The van der Waals surface area contributed by atoms with E-state index in [4.69, 9.17) is 0 Å². The maximum absolute atomic E-state index is 9.66. The number of aliphatic hydroxyl groups excluding tert-OH is 1. The van der Waals surface area contributed by atoms with Gasteiger partial charge in [0.05, 0.1) is 0 Å². The van der Waals surface area contributed by atoms with Crippen molar-refractivity contribution >= 4 is 21.8 Å². The summed E-state index contributed by atoms with van der Waals surface area (Å²) in [6, 6.07) is 11.5. The van der Waals surface area contributed by atoms with E-state index in [1.165, 1.54) is 46.8 Å². The maximum atomic E-state index is 9.66. The first-order valence-electron chi connectivity index (χ1n) is 8.39. The summed E-state index contributed by atoms with van der Waals surface area (Å²) in [7, 11) is 0. The fourth-order valence-electron chi connectivity index (χ4n) is 4.78. The van der Waals surface area contributed by atoms with Crippen LogP contribution in [0.25, 0.3) is 21.8 Å². The van der Waals surface area contributed by atoms with Crippen LogP contribution in [0.1, 0.15) is 31.0 Å². The normalized spacial score (nSPS) is 26.0. The van der Waals surface area contributed by atoms with Crippen LogP contribution in [0.15, 0.2) is 36.5 Å². The van der Waals surface area contributed by atoms with E-state index in [1.54, 1.807) is 0 Å². The van der Waals surface area contributed by atoms with Gasteiger partial charge in [0, 0.05) is 48.2 Å². The summed E-state index contributed by atoms with van der Waals surface area (Å²) in [6.07, 6.45) is 6.98. The second-order valence-corrected chi connectivity index (χ2v) is 7.00. The molecule has 3 aromatic rings. The molecule has 120 valence electrons. The minimum atomic E-state index is 0. The van der Waals surface area contributed by atoms with Gasteiger partial charge in [-0.1, -0.05) is 18.2 Å². The molecule has 2 bridgehead atoms. The van der Waals surface area contributed by atoms with Crippen LogP contribution in [0.4, 0.5) is 0 Å². The predicted molar refractivity (Wildman–Crippen MR) is 86.7 cm³/mol. The number of hydrogen-bond donors (Lipinski definition) is 2. The lowest BCUT2D eigenvalue weighted by Gasteiger charge is -2.36. The Balaban J connectivity index is 0.00000135. The van der Waals surface area contributed by atoms with Crippen LogP contribution in [0.3, 0.4) is 0 Å². The van der Waals surface area contributed by atoms with E-state index in [9.17, 15) is 5.11 Å². The van der Waals surface area contributed by atoms with Crippen LogP contribution in [-0.4, -0.2) is 16.7 Å². The molecule has 1 aliphatic carbocycles. The molecule has 1 aromatic carbocycles. The van der Waals surface area contributed by atoms with E-state index in [0.717, 1.165) is 6.42 Å². The van der Waals surface area contributed by atoms with Gasteiger partial charge in [-0.25, -0.2) is 0 Å². The van der Waals surface area contributed by atoms with E-state index in [2.05, 4.69) is 46.1 Å². The number of pyridine rings is 1. The Morgan fingerprint density at radius 2 is 2.00 bits per heavy atom. The SMILES string of the molecule is OC[C@@H]1CC[C@@H]2C[C@H]1Cc1c3[nH]c4ccccc4c3cc[n+]12.[Cl-]. The van der Waals surface area contributed by atoms with Gasteiger partial charge in [0.25, 0.3) is 0 Å². The summed E-state index contributed by atoms with van der Waals surface area (Å²) in [5, 5.41) is 12.3. The van der Waals surface area contributed by atoms with Gasteiger partial charge in [-0.05, 0) is 24.3 Å². The van der Waals surface area contributed by atoms with Crippen LogP contribution < -0.4 is 17.0 Å². The highest BCUT2D eigenvalue weighted by Gasteiger charge is 2.42. The first-order chi connectivity index (χ1) is 10.8. The molecular formula is C19H21ClN2O. The summed E-state index contributed by atoms with van der Waals surface area (Å²) < 4.78 is 2.50. The van der Waals surface area contributed by atoms with Crippen molar-refractivity contribution in [3.05, 3.63) is 42.2 Å². The van der Waals surface area contributed by atoms with E-state index >= 15 is 0 Å². The predicted octanol–water partition coefficient (Wildman–Crippen LogP) is 0.118. The lowest BCUT2D eigenvalue weighted by Crippen LogP contribution is -3.00. The van der Waals surface area contributed by atoms with E-state index < -0.39 is 0 Å². The van der Waals surface area contributed by atoms with Crippen molar-refractivity contribution in [2.45, 2.75) is 31.7 Å². The average Bonchev–Trinajstić information content (AvgIpc) is 2.94. The van der Waals surface area contributed by atoms with Crippen molar-refractivity contribution in [1.29, 1.82) is 0 Å². The Bertz CT molecular complexity index is 872. The number of aromatic amines is 1. The molecule has 0 amide bonds. The van der Waals surface area contributed by atoms with Gasteiger partial charge < -0.3 is 22.5 Å². The maximum Gasteiger partial charge on any atom is 0.206 e. The van der Waals surface area contributed by atoms with E-state index in [0.29, 0.717) is 24.5 Å². The highest BCUT2D eigenvalue weighted by Crippen LogP contribution is 2.40. The van der Waals surface area contributed by atoms with Gasteiger partial charge in [0.2, 0.25) is 5.69 Å². The van der Waals surface area contributed by atoms with Crippen molar-refractivity contribution < 1.29 is 22.1 Å². The zero-order valence-electron chi connectivity index (χ0n) is 13.0. The van der Waals surface area contributed by atoms with Gasteiger partial charge >= 0.3 is 0 Å². The fraction of sp³-hybridized carbons (Fsp3) is 0.421. The Kier molecular flexibility index (Phi) is 3.58. The summed E-state index contributed by atoms with van der Waals surface area (Å²) >= 11 is 0. The quantitative estimate of drug-likeness (QED) is 0.612. The molecule has 4 heteroatoms. The molecule has 5 rings (SSSR count). The van der Waals surface area contributed by atoms with Crippen molar-refractivity contribution in [2.75, 3.05) is 6.61 Å². The molecule has 0 spiro atoms. The minimum Gasteiger partial charge on any atom is -1.00 e. The summed E-state index contributed by atoms with van der Waals surface area (Å²) in [4.78, 5) is 3.64. The van der Waals surface area contributed by atoms with Gasteiger partial charge in [-0.15, -0.1) is 0 Å². The number of fused-ring (bicyclic) bond motifs is 8. The highest BCUT2D eigenvalue weighted by atomic mass is 35.5. The van der Waals surface area contributed by atoms with Crippen molar-refractivity contribution in [2.24, 2.45) is 11.8 Å². The topological polar surface area (TPSA) is 39.9 Å². The molecule has 2 N–H and O–H groups in total. The molecule has 3 atom stereocenters. The number of nitrogens with zero attached hydrogens (tertiary/aromatic N) is 1. The molecule has 1 saturated carbocycles. The second kappa shape index (κ2) is 5.50. The molecule has 2 aromatic heterocycles. The summed E-state index contributed by atoms with van der Waals surface area (Å²) in [5.74, 6) is 1.13. The second-order valence-electron chi connectivity index (χ2n) is 7.00. The zero-order chi connectivity index (χ0) is 14.7. The van der Waals surface area contributed by atoms with Crippen LogP contribution in [0, 0.1) is 11.8 Å². The monoisotopic (exact) mass is 328 g/mol. The first-order valence-corrected chi connectivity index (χ1v) is 8.39. The van der Waals surface area contributed by atoms with Gasteiger partial charge in [-0.2, -0.15) is 4.57 Å². The molecule has 2 aliphatic rings. The lowest BCUT2D eigenvalue weighted by molar-refractivity contribution is -0.739. The molecule has 3 heterocycles. The number of H-pyrrole nitrogens is 1. The first kappa shape index (κ1) is 15.0. The third kappa shape index (κ3) is 2.10. The standard InChI is InChI=1S/C19H20N2O.ClH/c22-11-12-5-6-14-9-13(12)10-18-19-16(7-8-21(14)18)15-3-1-2-4-17(15)20-19;/h1-4,7-8,12-14,22H,5-6,9-11H2;1H/t12-,13-,14+;/m0./s1. The third-order valence-electron chi connectivity index (χ3n) is 5.94. The molecule has 0 radical (unpaired) electrons. The molecule has 0 saturated heterocycles. The van der Waals surface area contributed by atoms with Crippen LogP contribution >= 0.6 is 0 Å². The van der Waals surface area contributed by atoms with Gasteiger partial charge in [-0.3, -0.25) is 0 Å². The van der Waals surface area contributed by atoms with Crippen molar-refractivity contribution in [3.63, 3.8) is 0 Å². The smallest absolute Gasteiger partial charge is 0.206 e. The van der Waals surface area contributed by atoms with Crippen molar-refractivity contribution in [1.82, 2.24) is 4.98 Å². The largest absolute Gasteiger partial charge is 1.00 e. The Morgan fingerprint density at radius 3 is 2.87 bits per heavy atom. The average molecular weight is 329 g/mol.